The monoisotopic (exact) mass is 478 g/mol. The third kappa shape index (κ3) is 5.46. The number of para-hydroxylation sites is 1. The number of nitrogens with zero attached hydrogens (tertiary/aromatic N) is 4. The van der Waals surface area contributed by atoms with Gasteiger partial charge in [0.05, 0.1) is 11.4 Å². The van der Waals surface area contributed by atoms with Crippen molar-refractivity contribution in [3.05, 3.63) is 113 Å². The van der Waals surface area contributed by atoms with Gasteiger partial charge in [-0.3, -0.25) is 19.6 Å². The summed E-state index contributed by atoms with van der Waals surface area (Å²) in [5.41, 5.74) is 7.54. The van der Waals surface area contributed by atoms with Gasteiger partial charge in [-0.15, -0.1) is 0 Å². The van der Waals surface area contributed by atoms with Crippen LogP contribution >= 0.6 is 0 Å². The molecule has 0 fully saturated rings. The summed E-state index contributed by atoms with van der Waals surface area (Å²) in [7, 11) is 1.98. The van der Waals surface area contributed by atoms with Gasteiger partial charge in [0.2, 0.25) is 0 Å². The number of amides is 1. The van der Waals surface area contributed by atoms with Gasteiger partial charge in [0.1, 0.15) is 0 Å². The fraction of sp³-hybridized carbons (Fsp3) is 0.200. The quantitative estimate of drug-likeness (QED) is 0.227. The number of fused-ring (bicyclic) bond motifs is 1. The van der Waals surface area contributed by atoms with Gasteiger partial charge in [-0.2, -0.15) is 10.2 Å². The first-order chi connectivity index (χ1) is 17.6. The highest BCUT2D eigenvalue weighted by Crippen LogP contribution is 2.25. The van der Waals surface area contributed by atoms with Crippen LogP contribution in [0.25, 0.3) is 17.3 Å². The third-order valence-electron chi connectivity index (χ3n) is 6.60. The molecule has 0 radical (unpaired) electrons. The van der Waals surface area contributed by atoms with Crippen LogP contribution in [0.3, 0.4) is 0 Å². The molecule has 0 aliphatic carbocycles. The number of hydrogen-bond acceptors (Lipinski definition) is 4. The summed E-state index contributed by atoms with van der Waals surface area (Å²) in [4.78, 5) is 14.8. The van der Waals surface area contributed by atoms with Crippen LogP contribution in [0.2, 0.25) is 0 Å². The molecular weight excluding hydrogens is 448 g/mol. The minimum absolute atomic E-state index is 0.444. The van der Waals surface area contributed by atoms with E-state index in [1.807, 2.05) is 29.9 Å². The molecule has 6 heteroatoms. The van der Waals surface area contributed by atoms with Crippen LogP contribution < -0.4 is 5.06 Å². The molecule has 0 bridgehead atoms. The Morgan fingerprint density at radius 1 is 1.03 bits per heavy atom. The number of hydrogen-bond donors (Lipinski definition) is 1. The van der Waals surface area contributed by atoms with Gasteiger partial charge in [-0.05, 0) is 53.3 Å². The molecule has 4 aromatic rings. The predicted molar refractivity (Wildman–Crippen MR) is 143 cm³/mol. The van der Waals surface area contributed by atoms with Crippen molar-refractivity contribution in [3.8, 4) is 11.3 Å². The van der Waals surface area contributed by atoms with Crippen LogP contribution in [0.15, 0.2) is 91.1 Å². The second kappa shape index (κ2) is 10.7. The van der Waals surface area contributed by atoms with Gasteiger partial charge in [0.25, 0.3) is 5.91 Å². The van der Waals surface area contributed by atoms with Crippen LogP contribution in [-0.2, 0) is 31.2 Å². The maximum Gasteiger partial charge on any atom is 0.274 e. The maximum absolute atomic E-state index is 12.3. The third-order valence-corrected chi connectivity index (χ3v) is 6.60. The number of carbonyl (C=O) groups is 1. The van der Waals surface area contributed by atoms with Crippen LogP contribution in [0, 0.1) is 0 Å². The molecular formula is C30H30N4O2. The molecule has 0 saturated carbocycles. The zero-order valence-electron chi connectivity index (χ0n) is 20.4. The van der Waals surface area contributed by atoms with Gasteiger partial charge in [-0.25, -0.2) is 0 Å². The minimum atomic E-state index is -0.477. The summed E-state index contributed by atoms with van der Waals surface area (Å²) in [5.74, 6) is -0.477. The Morgan fingerprint density at radius 3 is 2.56 bits per heavy atom. The molecule has 0 unspecified atom stereocenters. The normalized spacial score (nSPS) is 13.6. The van der Waals surface area contributed by atoms with E-state index in [2.05, 4.69) is 47.5 Å². The summed E-state index contributed by atoms with van der Waals surface area (Å²) in [6, 6.07) is 25.5. The Kier molecular flexibility index (Phi) is 7.07. The van der Waals surface area contributed by atoms with Crippen molar-refractivity contribution in [2.45, 2.75) is 19.4 Å². The lowest BCUT2D eigenvalue weighted by molar-refractivity contribution is -0.118. The van der Waals surface area contributed by atoms with Crippen molar-refractivity contribution in [1.82, 2.24) is 14.7 Å². The average molecular weight is 479 g/mol. The van der Waals surface area contributed by atoms with Crippen LogP contribution in [-0.4, -0.2) is 38.9 Å². The maximum atomic E-state index is 12.3. The highest BCUT2D eigenvalue weighted by atomic mass is 16.5. The van der Waals surface area contributed by atoms with Crippen LogP contribution in [0.1, 0.15) is 22.3 Å². The topological polar surface area (TPSA) is 61.6 Å². The van der Waals surface area contributed by atoms with E-state index in [0.717, 1.165) is 49.3 Å². The number of hydroxylamine groups is 1. The lowest BCUT2D eigenvalue weighted by atomic mass is 9.96. The smallest absolute Gasteiger partial charge is 0.274 e. The Balaban J connectivity index is 1.20. The second-order valence-corrected chi connectivity index (χ2v) is 9.17. The fourth-order valence-electron chi connectivity index (χ4n) is 4.70. The lowest BCUT2D eigenvalue weighted by Crippen LogP contribution is -2.32. The van der Waals surface area contributed by atoms with Crippen molar-refractivity contribution < 1.29 is 10.0 Å². The Hall–Kier alpha value is -4.00. The summed E-state index contributed by atoms with van der Waals surface area (Å²) in [5, 5.41) is 15.5. The number of aryl methyl sites for hydroxylation is 1. The Morgan fingerprint density at radius 2 is 1.78 bits per heavy atom. The SMILES string of the molecule is Cn1cc(CCN2CCc3cc(C=CC(=O)N(O)c4ccccc4)ccc3C2)c(-c2ccccc2)n1. The number of aromatic nitrogens is 2. The fourth-order valence-corrected chi connectivity index (χ4v) is 4.70. The minimum Gasteiger partial charge on any atom is -0.298 e. The molecule has 5 rings (SSSR count). The molecule has 182 valence electrons. The molecule has 1 aromatic heterocycles. The molecule has 0 spiro atoms. The largest absolute Gasteiger partial charge is 0.298 e. The number of carbonyl (C=O) groups excluding carboxylic acids is 1. The van der Waals surface area contributed by atoms with E-state index < -0.39 is 5.91 Å². The van der Waals surface area contributed by atoms with E-state index in [9.17, 15) is 10.0 Å². The van der Waals surface area contributed by atoms with Gasteiger partial charge in [0, 0.05) is 44.5 Å². The first-order valence-corrected chi connectivity index (χ1v) is 12.2. The second-order valence-electron chi connectivity index (χ2n) is 9.17. The number of rotatable bonds is 7. The summed E-state index contributed by atoms with van der Waals surface area (Å²) in [6.07, 6.45) is 7.22. The van der Waals surface area contributed by atoms with E-state index in [1.165, 1.54) is 22.8 Å². The zero-order valence-corrected chi connectivity index (χ0v) is 20.4. The highest BCUT2D eigenvalue weighted by Gasteiger charge is 2.18. The van der Waals surface area contributed by atoms with Crippen molar-refractivity contribution >= 4 is 17.7 Å². The number of anilines is 1. The van der Waals surface area contributed by atoms with Gasteiger partial charge < -0.3 is 0 Å². The van der Waals surface area contributed by atoms with Gasteiger partial charge in [-0.1, -0.05) is 66.7 Å². The number of benzene rings is 3. The first-order valence-electron chi connectivity index (χ1n) is 12.2. The van der Waals surface area contributed by atoms with Crippen LogP contribution in [0.4, 0.5) is 5.69 Å². The summed E-state index contributed by atoms with van der Waals surface area (Å²) >= 11 is 0. The molecule has 1 N–H and O–H groups in total. The van der Waals surface area contributed by atoms with E-state index in [4.69, 9.17) is 5.10 Å². The van der Waals surface area contributed by atoms with Crippen molar-refractivity contribution in [2.75, 3.05) is 18.2 Å². The standard InChI is InChI=1S/C30H30N4O2/c1-32-21-27(30(31-32)24-8-4-2-5-9-24)17-19-33-18-16-25-20-23(12-14-26(25)22-33)13-15-29(35)34(36)28-10-6-3-7-11-28/h2-15,20-21,36H,16-19,22H2,1H3. The van der Waals surface area contributed by atoms with E-state index >= 15 is 0 Å². The predicted octanol–water partition coefficient (Wildman–Crippen LogP) is 5.12. The summed E-state index contributed by atoms with van der Waals surface area (Å²) < 4.78 is 1.90. The molecule has 6 nitrogen and oxygen atoms in total. The zero-order chi connectivity index (χ0) is 24.9. The van der Waals surface area contributed by atoms with Crippen molar-refractivity contribution in [3.63, 3.8) is 0 Å². The molecule has 2 heterocycles. The van der Waals surface area contributed by atoms with E-state index in [-0.39, 0.29) is 0 Å². The highest BCUT2D eigenvalue weighted by molar-refractivity contribution is 6.02. The molecule has 1 aliphatic rings. The Bertz CT molecular complexity index is 1360. The lowest BCUT2D eigenvalue weighted by Gasteiger charge is -2.29. The van der Waals surface area contributed by atoms with Crippen molar-refractivity contribution in [2.24, 2.45) is 7.05 Å². The molecule has 0 saturated heterocycles. The molecule has 1 amide bonds. The molecule has 36 heavy (non-hydrogen) atoms. The van der Waals surface area contributed by atoms with Gasteiger partial charge >= 0.3 is 0 Å². The summed E-state index contributed by atoms with van der Waals surface area (Å²) in [6.45, 7) is 2.89. The average Bonchev–Trinajstić information content (AvgIpc) is 3.31. The molecule has 3 aromatic carbocycles. The van der Waals surface area contributed by atoms with Gasteiger partial charge in [0.15, 0.2) is 0 Å². The molecule has 1 aliphatic heterocycles. The van der Waals surface area contributed by atoms with Crippen LogP contribution in [0.5, 0.6) is 0 Å². The molecule has 0 atom stereocenters. The van der Waals surface area contributed by atoms with E-state index in [1.54, 1.807) is 30.3 Å². The Labute approximate surface area is 211 Å². The van der Waals surface area contributed by atoms with Crippen molar-refractivity contribution in [1.29, 1.82) is 0 Å². The van der Waals surface area contributed by atoms with E-state index in [0.29, 0.717) is 10.8 Å². The first kappa shape index (κ1) is 23.7.